The molecule has 0 saturated carbocycles. The molecule has 0 spiro atoms. The van der Waals surface area contributed by atoms with E-state index in [1.54, 1.807) is 48.2 Å². The smallest absolute Gasteiger partial charge is 0.319 e. The van der Waals surface area contributed by atoms with Crippen molar-refractivity contribution in [3.05, 3.63) is 59.9 Å². The number of carbonyl (C=O) groups is 2. The molecule has 3 rings (SSSR count). The largest absolute Gasteiger partial charge is 0.339 e. The fourth-order valence-electron chi connectivity index (χ4n) is 3.18. The molecule has 1 heterocycles. The number of nitrogens with zero attached hydrogens (tertiary/aromatic N) is 1. The van der Waals surface area contributed by atoms with Gasteiger partial charge in [0.05, 0.1) is 0 Å². The maximum Gasteiger partial charge on any atom is 0.319 e. The third-order valence-corrected chi connectivity index (χ3v) is 5.80. The average molecular weight is 416 g/mol. The van der Waals surface area contributed by atoms with Crippen LogP contribution in [0.25, 0.3) is 0 Å². The number of hydrogen-bond donors (Lipinski definition) is 2. The zero-order valence-electron chi connectivity index (χ0n) is 16.3. The van der Waals surface area contributed by atoms with Gasteiger partial charge in [-0.1, -0.05) is 6.07 Å². The Morgan fingerprint density at radius 1 is 1.03 bits per heavy atom. The fraction of sp³-hybridized carbons (Fsp3) is 0.364. The van der Waals surface area contributed by atoms with Crippen molar-refractivity contribution in [2.24, 2.45) is 0 Å². The Balaban J connectivity index is 1.39. The first-order valence-electron chi connectivity index (χ1n) is 9.94. The van der Waals surface area contributed by atoms with E-state index in [4.69, 9.17) is 0 Å². The second-order valence-corrected chi connectivity index (χ2v) is 8.14. The van der Waals surface area contributed by atoms with Crippen LogP contribution in [0.15, 0.2) is 53.4 Å². The highest BCUT2D eigenvalue weighted by Crippen LogP contribution is 2.19. The molecule has 1 fully saturated rings. The normalized spacial score (nSPS) is 13.8. The van der Waals surface area contributed by atoms with Crippen LogP contribution >= 0.6 is 11.8 Å². The van der Waals surface area contributed by atoms with Crippen LogP contribution in [0.1, 0.15) is 36.0 Å². The molecule has 1 aliphatic heterocycles. The number of thioether (sulfide) groups is 1. The summed E-state index contributed by atoms with van der Waals surface area (Å²) in [5.41, 5.74) is 1.20. The first-order valence-corrected chi connectivity index (χ1v) is 10.9. The van der Waals surface area contributed by atoms with Crippen molar-refractivity contribution in [3.63, 3.8) is 0 Å². The van der Waals surface area contributed by atoms with E-state index in [-0.39, 0.29) is 17.8 Å². The van der Waals surface area contributed by atoms with Gasteiger partial charge < -0.3 is 15.5 Å². The predicted molar refractivity (Wildman–Crippen MR) is 115 cm³/mol. The minimum atomic E-state index is -0.292. The molecule has 0 bridgehead atoms. The molecule has 3 amide bonds. The first-order chi connectivity index (χ1) is 14.1. The molecule has 2 aromatic carbocycles. The summed E-state index contributed by atoms with van der Waals surface area (Å²) >= 11 is 1.62. The zero-order chi connectivity index (χ0) is 20.5. The molecule has 29 heavy (non-hydrogen) atoms. The van der Waals surface area contributed by atoms with Gasteiger partial charge >= 0.3 is 6.03 Å². The molecule has 2 N–H and O–H groups in total. The second-order valence-electron chi connectivity index (χ2n) is 6.97. The van der Waals surface area contributed by atoms with Crippen molar-refractivity contribution in [1.29, 1.82) is 0 Å². The van der Waals surface area contributed by atoms with Gasteiger partial charge in [0, 0.05) is 35.8 Å². The van der Waals surface area contributed by atoms with Crippen LogP contribution in [0.3, 0.4) is 0 Å². The lowest BCUT2D eigenvalue weighted by molar-refractivity contribution is 0.0724. The van der Waals surface area contributed by atoms with Gasteiger partial charge in [0.1, 0.15) is 5.82 Å². The van der Waals surface area contributed by atoms with Gasteiger partial charge in [0.25, 0.3) is 5.91 Å². The topological polar surface area (TPSA) is 61.4 Å². The van der Waals surface area contributed by atoms with Crippen molar-refractivity contribution in [2.45, 2.75) is 30.6 Å². The Bertz CT molecular complexity index is 823. The van der Waals surface area contributed by atoms with Crippen LogP contribution < -0.4 is 10.6 Å². The number of piperidine rings is 1. The molecule has 1 saturated heterocycles. The Morgan fingerprint density at radius 3 is 2.55 bits per heavy atom. The second kappa shape index (κ2) is 10.9. The summed E-state index contributed by atoms with van der Waals surface area (Å²) in [6.07, 6.45) is 4.06. The molecule has 0 atom stereocenters. The molecular weight excluding hydrogens is 389 g/mol. The van der Waals surface area contributed by atoms with E-state index < -0.39 is 0 Å². The van der Waals surface area contributed by atoms with Crippen LogP contribution in [-0.4, -0.2) is 42.2 Å². The Morgan fingerprint density at radius 2 is 1.79 bits per heavy atom. The molecule has 2 aromatic rings. The van der Waals surface area contributed by atoms with E-state index >= 15 is 0 Å². The third kappa shape index (κ3) is 6.78. The molecule has 0 aliphatic carbocycles. The highest BCUT2D eigenvalue weighted by Gasteiger charge is 2.18. The summed E-state index contributed by atoms with van der Waals surface area (Å²) < 4.78 is 12.9. The summed E-state index contributed by atoms with van der Waals surface area (Å²) in [7, 11) is 0. The van der Waals surface area contributed by atoms with Crippen molar-refractivity contribution in [3.8, 4) is 0 Å². The van der Waals surface area contributed by atoms with Gasteiger partial charge in [-0.05, 0) is 73.9 Å². The van der Waals surface area contributed by atoms with Crippen molar-refractivity contribution in [1.82, 2.24) is 10.2 Å². The molecule has 1 aliphatic rings. The van der Waals surface area contributed by atoms with Crippen LogP contribution in [-0.2, 0) is 0 Å². The maximum absolute atomic E-state index is 12.9. The van der Waals surface area contributed by atoms with Gasteiger partial charge in [-0.15, -0.1) is 11.8 Å². The average Bonchev–Trinajstić information content (AvgIpc) is 2.75. The Labute approximate surface area is 175 Å². The quantitative estimate of drug-likeness (QED) is 0.506. The van der Waals surface area contributed by atoms with Crippen molar-refractivity contribution >= 4 is 29.4 Å². The Kier molecular flexibility index (Phi) is 7.93. The van der Waals surface area contributed by atoms with Gasteiger partial charge in [-0.3, -0.25) is 4.79 Å². The zero-order valence-corrected chi connectivity index (χ0v) is 17.1. The van der Waals surface area contributed by atoms with Crippen molar-refractivity contribution < 1.29 is 14.0 Å². The van der Waals surface area contributed by atoms with E-state index in [0.29, 0.717) is 17.8 Å². The lowest BCUT2D eigenvalue weighted by atomic mass is 10.1. The number of halogens is 1. The number of hydrogen-bond acceptors (Lipinski definition) is 3. The standard InChI is InChI=1S/C22H26FN3O2S/c23-18-8-10-20(11-9-18)29-15-5-12-24-22(28)25-19-7-4-6-17(16-19)21(27)26-13-2-1-3-14-26/h4,6-11,16H,1-3,5,12-15H2,(H2,24,25,28). The minimum Gasteiger partial charge on any atom is -0.339 e. The van der Waals surface area contributed by atoms with E-state index in [0.717, 1.165) is 43.0 Å². The number of amides is 3. The first kappa shape index (κ1) is 21.2. The van der Waals surface area contributed by atoms with Gasteiger partial charge in [0.15, 0.2) is 0 Å². The molecule has 5 nitrogen and oxygen atoms in total. The minimum absolute atomic E-state index is 0.0200. The monoisotopic (exact) mass is 415 g/mol. The third-order valence-electron chi connectivity index (χ3n) is 4.70. The van der Waals surface area contributed by atoms with E-state index in [2.05, 4.69) is 10.6 Å². The van der Waals surface area contributed by atoms with Crippen LogP contribution in [0, 0.1) is 5.82 Å². The number of benzene rings is 2. The van der Waals surface area contributed by atoms with Crippen molar-refractivity contribution in [2.75, 3.05) is 30.7 Å². The number of likely N-dealkylation sites (tertiary alicyclic amines) is 1. The number of urea groups is 1. The number of nitrogens with one attached hydrogen (secondary N) is 2. The highest BCUT2D eigenvalue weighted by molar-refractivity contribution is 7.99. The SMILES string of the molecule is O=C(NCCCSc1ccc(F)cc1)Nc1cccc(C(=O)N2CCCCC2)c1. The molecule has 0 unspecified atom stereocenters. The lowest BCUT2D eigenvalue weighted by Gasteiger charge is -2.26. The van der Waals surface area contributed by atoms with E-state index in [9.17, 15) is 14.0 Å². The van der Waals surface area contributed by atoms with Gasteiger partial charge in [-0.2, -0.15) is 0 Å². The van der Waals surface area contributed by atoms with E-state index in [1.165, 1.54) is 18.6 Å². The van der Waals surface area contributed by atoms with Gasteiger partial charge in [-0.25, -0.2) is 9.18 Å². The molecule has 7 heteroatoms. The number of anilines is 1. The summed E-state index contributed by atoms with van der Waals surface area (Å²) in [6, 6.07) is 13.2. The molecule has 154 valence electrons. The van der Waals surface area contributed by atoms with E-state index in [1.807, 2.05) is 4.90 Å². The maximum atomic E-state index is 12.9. The number of rotatable bonds is 7. The summed E-state index contributed by atoms with van der Waals surface area (Å²) in [4.78, 5) is 27.6. The summed E-state index contributed by atoms with van der Waals surface area (Å²) in [6.45, 7) is 2.13. The predicted octanol–water partition coefficient (Wildman–Crippen LogP) is 4.76. The van der Waals surface area contributed by atoms with Crippen LogP contribution in [0.2, 0.25) is 0 Å². The Hall–Kier alpha value is -2.54. The molecule has 0 aromatic heterocycles. The summed E-state index contributed by atoms with van der Waals surface area (Å²) in [5.74, 6) is 0.604. The van der Waals surface area contributed by atoms with Crippen LogP contribution in [0.5, 0.6) is 0 Å². The highest BCUT2D eigenvalue weighted by atomic mass is 32.2. The summed E-state index contributed by atoms with van der Waals surface area (Å²) in [5, 5.41) is 5.61. The molecule has 0 radical (unpaired) electrons. The molecular formula is C22H26FN3O2S. The van der Waals surface area contributed by atoms with Gasteiger partial charge in [0.2, 0.25) is 0 Å². The fourth-order valence-corrected chi connectivity index (χ4v) is 4.03. The number of carbonyl (C=O) groups excluding carboxylic acids is 2. The lowest BCUT2D eigenvalue weighted by Crippen LogP contribution is -2.35. The van der Waals surface area contributed by atoms with Crippen LogP contribution in [0.4, 0.5) is 14.9 Å².